The summed E-state index contributed by atoms with van der Waals surface area (Å²) in [7, 11) is 0. The Balaban J connectivity index is 0. The van der Waals surface area contributed by atoms with Crippen LogP contribution in [0.5, 0.6) is 0 Å². The predicted octanol–water partition coefficient (Wildman–Crippen LogP) is 2.16. The van der Waals surface area contributed by atoms with Gasteiger partial charge in [0, 0.05) is 0 Å². The fourth-order valence-corrected chi connectivity index (χ4v) is 0.470. The van der Waals surface area contributed by atoms with E-state index in [2.05, 4.69) is 19.1 Å². The molecule has 0 nitrogen and oxygen atoms in total. The van der Waals surface area contributed by atoms with E-state index in [1.165, 1.54) is 5.56 Å². The summed E-state index contributed by atoms with van der Waals surface area (Å²) in [5, 5.41) is 0. The van der Waals surface area contributed by atoms with Gasteiger partial charge in [-0.25, -0.2) is 12.1 Å². The van der Waals surface area contributed by atoms with E-state index in [0.29, 0.717) is 0 Å². The molecular weight excluding hydrogens is 279 g/mol. The van der Waals surface area contributed by atoms with Crippen molar-refractivity contribution in [3.05, 3.63) is 37.3 Å². The van der Waals surface area contributed by atoms with E-state index < -0.39 is 0 Å². The van der Waals surface area contributed by atoms with Crippen LogP contribution in [-0.2, 0) is 21.1 Å². The molecule has 0 aliphatic heterocycles. The van der Waals surface area contributed by atoms with Crippen LogP contribution in [-0.4, -0.2) is 0 Å². The van der Waals surface area contributed by atoms with E-state index in [9.17, 15) is 0 Å². The Morgan fingerprint density at radius 1 is 1.12 bits per heavy atom. The molecule has 0 unspecified atom stereocenters. The molecule has 0 heterocycles. The average molecular weight is 289 g/mol. The third-order valence-electron chi connectivity index (χ3n) is 0.829. The monoisotopic (exact) mass is 289 g/mol. The molecule has 1 rings (SSSR count). The standard InChI is InChI=1S/C6H7.CH3.Pt/c1-6-4-2-3-5-6;;/h2-5H,1H3;1H3;/q2*-1;+2. The summed E-state index contributed by atoms with van der Waals surface area (Å²) in [6.07, 6.45) is 0. The predicted molar refractivity (Wildman–Crippen MR) is 33.2 cm³/mol. The van der Waals surface area contributed by atoms with Crippen LogP contribution in [0, 0.1) is 14.4 Å². The second-order valence-electron chi connectivity index (χ2n) is 1.46. The SMILES string of the molecule is C[c-]1cccc1.[CH3-].[Pt+2]. The van der Waals surface area contributed by atoms with E-state index in [4.69, 9.17) is 0 Å². The molecule has 8 heavy (non-hydrogen) atoms. The molecule has 0 spiro atoms. The van der Waals surface area contributed by atoms with Gasteiger partial charge in [-0.05, 0) is 0 Å². The van der Waals surface area contributed by atoms with E-state index >= 15 is 0 Å². The van der Waals surface area contributed by atoms with Gasteiger partial charge in [-0.2, -0.15) is 17.7 Å². The van der Waals surface area contributed by atoms with Gasteiger partial charge in [0.1, 0.15) is 0 Å². The second kappa shape index (κ2) is 5.18. The van der Waals surface area contributed by atoms with Crippen LogP contribution in [0.4, 0.5) is 0 Å². The Morgan fingerprint density at radius 2 is 1.50 bits per heavy atom. The van der Waals surface area contributed by atoms with E-state index in [1.54, 1.807) is 0 Å². The van der Waals surface area contributed by atoms with Crippen LogP contribution in [0.1, 0.15) is 5.56 Å². The zero-order chi connectivity index (χ0) is 4.41. The summed E-state index contributed by atoms with van der Waals surface area (Å²) in [5.41, 5.74) is 1.34. The number of rotatable bonds is 0. The molecular formula is C7H10Pt. The van der Waals surface area contributed by atoms with Gasteiger partial charge < -0.3 is 7.43 Å². The van der Waals surface area contributed by atoms with Crippen LogP contribution in [0.3, 0.4) is 0 Å². The molecule has 48 valence electrons. The van der Waals surface area contributed by atoms with Crippen molar-refractivity contribution in [2.45, 2.75) is 6.92 Å². The maximum atomic E-state index is 2.08. The maximum absolute atomic E-state index is 2.08. The summed E-state index contributed by atoms with van der Waals surface area (Å²) in [4.78, 5) is 0. The van der Waals surface area contributed by atoms with E-state index in [1.807, 2.05) is 12.1 Å². The Hall–Kier alpha value is 0.0383. The normalized spacial score (nSPS) is 6.62. The van der Waals surface area contributed by atoms with Crippen molar-refractivity contribution >= 4 is 0 Å². The summed E-state index contributed by atoms with van der Waals surface area (Å²) < 4.78 is 0. The van der Waals surface area contributed by atoms with Crippen molar-refractivity contribution in [2.75, 3.05) is 0 Å². The molecule has 0 aliphatic rings. The van der Waals surface area contributed by atoms with Crippen molar-refractivity contribution in [2.24, 2.45) is 0 Å². The molecule has 0 atom stereocenters. The third-order valence-corrected chi connectivity index (χ3v) is 0.829. The van der Waals surface area contributed by atoms with E-state index in [-0.39, 0.29) is 28.5 Å². The first-order chi connectivity index (χ1) is 2.89. The Labute approximate surface area is 65.5 Å². The van der Waals surface area contributed by atoms with Crippen LogP contribution in [0.25, 0.3) is 0 Å². The molecule has 0 saturated heterocycles. The first kappa shape index (κ1) is 10.9. The molecule has 0 bridgehead atoms. The van der Waals surface area contributed by atoms with Gasteiger partial charge in [0.05, 0.1) is 0 Å². The van der Waals surface area contributed by atoms with Crippen molar-refractivity contribution in [1.29, 1.82) is 0 Å². The summed E-state index contributed by atoms with van der Waals surface area (Å²) >= 11 is 0. The Bertz CT molecular complexity index is 108. The van der Waals surface area contributed by atoms with Gasteiger partial charge >= 0.3 is 21.1 Å². The fourth-order valence-electron chi connectivity index (χ4n) is 0.470. The Kier molecular flexibility index (Phi) is 7.07. The zero-order valence-corrected chi connectivity index (χ0v) is 7.40. The first-order valence-electron chi connectivity index (χ1n) is 2.08. The van der Waals surface area contributed by atoms with Crippen LogP contribution in [0.2, 0.25) is 0 Å². The maximum Gasteiger partial charge on any atom is 2.00 e. The molecule has 1 heteroatoms. The van der Waals surface area contributed by atoms with Crippen molar-refractivity contribution < 1.29 is 21.1 Å². The van der Waals surface area contributed by atoms with Crippen LogP contribution < -0.4 is 0 Å². The van der Waals surface area contributed by atoms with Crippen LogP contribution >= 0.6 is 0 Å². The minimum Gasteiger partial charge on any atom is -0.358 e. The topological polar surface area (TPSA) is 0 Å². The zero-order valence-electron chi connectivity index (χ0n) is 5.13. The first-order valence-corrected chi connectivity index (χ1v) is 2.08. The summed E-state index contributed by atoms with van der Waals surface area (Å²) in [6.45, 7) is 2.08. The van der Waals surface area contributed by atoms with Crippen molar-refractivity contribution in [3.8, 4) is 0 Å². The smallest absolute Gasteiger partial charge is 0.358 e. The molecule has 1 aromatic carbocycles. The molecule has 0 aliphatic carbocycles. The van der Waals surface area contributed by atoms with Crippen LogP contribution in [0.15, 0.2) is 24.3 Å². The van der Waals surface area contributed by atoms with Gasteiger partial charge in [-0.3, -0.25) is 0 Å². The van der Waals surface area contributed by atoms with Gasteiger partial charge in [-0.1, -0.05) is 6.92 Å². The minimum absolute atomic E-state index is 0. The molecule has 0 saturated carbocycles. The second-order valence-corrected chi connectivity index (χ2v) is 1.46. The van der Waals surface area contributed by atoms with Gasteiger partial charge in [0.25, 0.3) is 0 Å². The number of hydrogen-bond acceptors (Lipinski definition) is 0. The van der Waals surface area contributed by atoms with Crippen molar-refractivity contribution in [3.63, 3.8) is 0 Å². The van der Waals surface area contributed by atoms with Crippen molar-refractivity contribution in [1.82, 2.24) is 0 Å². The largest absolute Gasteiger partial charge is 2.00 e. The molecule has 0 aromatic heterocycles. The number of hydrogen-bond donors (Lipinski definition) is 0. The van der Waals surface area contributed by atoms with E-state index in [0.717, 1.165) is 0 Å². The van der Waals surface area contributed by atoms with Gasteiger partial charge in [0.2, 0.25) is 0 Å². The molecule has 0 N–H and O–H groups in total. The minimum atomic E-state index is 0. The fraction of sp³-hybridized carbons (Fsp3) is 0.143. The quantitative estimate of drug-likeness (QED) is 0.642. The van der Waals surface area contributed by atoms with Gasteiger partial charge in [-0.15, -0.1) is 0 Å². The molecule has 0 amide bonds. The summed E-state index contributed by atoms with van der Waals surface area (Å²) in [5.74, 6) is 0. The molecule has 1 aromatic rings. The molecule has 0 fully saturated rings. The third kappa shape index (κ3) is 3.09. The number of aryl methyl sites for hydroxylation is 1. The molecule has 0 radical (unpaired) electrons. The summed E-state index contributed by atoms with van der Waals surface area (Å²) in [6, 6.07) is 8.24. The van der Waals surface area contributed by atoms with Gasteiger partial charge in [0.15, 0.2) is 0 Å². The average Bonchev–Trinajstić information content (AvgIpc) is 1.86. The Morgan fingerprint density at radius 3 is 1.62 bits per heavy atom.